The van der Waals surface area contributed by atoms with Crippen molar-refractivity contribution in [3.05, 3.63) is 23.9 Å². The van der Waals surface area contributed by atoms with Crippen molar-refractivity contribution >= 4 is 21.8 Å². The molecular formula is C8H6BrN3. The van der Waals surface area contributed by atoms with Crippen LogP contribution in [-0.2, 0) is 0 Å². The standard InChI is InChI=1S/C8H6BrN3/c9-7-5-11-8-6(4-10)2-1-3-12(7)8/h1-3,7H,5H2. The Balaban J connectivity index is 2.38. The molecule has 0 aromatic carbocycles. The fraction of sp³-hybridized carbons (Fsp3) is 0.250. The van der Waals surface area contributed by atoms with E-state index in [4.69, 9.17) is 5.26 Å². The first-order chi connectivity index (χ1) is 5.83. The average Bonchev–Trinajstić information content (AvgIpc) is 2.48. The molecule has 0 aromatic heterocycles. The normalized spacial score (nSPS) is 26.0. The summed E-state index contributed by atoms with van der Waals surface area (Å²) in [5.41, 5.74) is 0.638. The molecule has 0 radical (unpaired) electrons. The Morgan fingerprint density at radius 1 is 1.75 bits per heavy atom. The molecule has 2 heterocycles. The van der Waals surface area contributed by atoms with Gasteiger partial charge in [0.05, 0.1) is 12.1 Å². The number of aliphatic imine (C=N–C) groups is 1. The smallest absolute Gasteiger partial charge is 0.146 e. The van der Waals surface area contributed by atoms with Crippen LogP contribution in [0.4, 0.5) is 0 Å². The number of nitrogens with zero attached hydrogens (tertiary/aromatic N) is 3. The molecule has 3 nitrogen and oxygen atoms in total. The maximum atomic E-state index is 8.75. The molecular weight excluding hydrogens is 218 g/mol. The summed E-state index contributed by atoms with van der Waals surface area (Å²) in [5, 5.41) is 8.75. The van der Waals surface area contributed by atoms with Gasteiger partial charge in [0.2, 0.25) is 0 Å². The topological polar surface area (TPSA) is 39.4 Å². The van der Waals surface area contributed by atoms with Gasteiger partial charge < -0.3 is 4.90 Å². The van der Waals surface area contributed by atoms with Crippen LogP contribution < -0.4 is 0 Å². The molecule has 0 amide bonds. The lowest BCUT2D eigenvalue weighted by atomic mass is 10.2. The minimum Gasteiger partial charge on any atom is -0.317 e. The van der Waals surface area contributed by atoms with Crippen LogP contribution in [0.3, 0.4) is 0 Å². The van der Waals surface area contributed by atoms with Gasteiger partial charge in [-0.15, -0.1) is 0 Å². The SMILES string of the molecule is N#CC1=CC=CN2C1=NCC2Br. The molecule has 0 saturated heterocycles. The molecule has 0 saturated carbocycles. The molecule has 2 aliphatic rings. The van der Waals surface area contributed by atoms with Crippen molar-refractivity contribution in [1.82, 2.24) is 4.90 Å². The van der Waals surface area contributed by atoms with E-state index in [0.29, 0.717) is 12.1 Å². The van der Waals surface area contributed by atoms with Gasteiger partial charge >= 0.3 is 0 Å². The number of hydrogen-bond donors (Lipinski definition) is 0. The van der Waals surface area contributed by atoms with Crippen LogP contribution >= 0.6 is 15.9 Å². The summed E-state index contributed by atoms with van der Waals surface area (Å²) in [6.45, 7) is 0.707. The van der Waals surface area contributed by atoms with Gasteiger partial charge in [-0.3, -0.25) is 4.99 Å². The van der Waals surface area contributed by atoms with Gasteiger partial charge in [0.25, 0.3) is 0 Å². The summed E-state index contributed by atoms with van der Waals surface area (Å²) < 4.78 is 0. The quantitative estimate of drug-likeness (QED) is 0.460. The van der Waals surface area contributed by atoms with Gasteiger partial charge in [-0.05, 0) is 12.2 Å². The van der Waals surface area contributed by atoms with E-state index in [1.807, 2.05) is 17.2 Å². The van der Waals surface area contributed by atoms with E-state index in [2.05, 4.69) is 27.0 Å². The van der Waals surface area contributed by atoms with Crippen molar-refractivity contribution in [3.63, 3.8) is 0 Å². The molecule has 1 atom stereocenters. The molecule has 12 heavy (non-hydrogen) atoms. The lowest BCUT2D eigenvalue weighted by Gasteiger charge is -2.21. The molecule has 2 aliphatic heterocycles. The summed E-state index contributed by atoms with van der Waals surface area (Å²) >= 11 is 3.46. The maximum absolute atomic E-state index is 8.75. The van der Waals surface area contributed by atoms with Crippen molar-refractivity contribution in [2.24, 2.45) is 4.99 Å². The van der Waals surface area contributed by atoms with Crippen LogP contribution in [0, 0.1) is 11.3 Å². The Morgan fingerprint density at radius 3 is 3.33 bits per heavy atom. The number of rotatable bonds is 0. The fourth-order valence-corrected chi connectivity index (χ4v) is 1.72. The second-order valence-corrected chi connectivity index (χ2v) is 3.60. The number of fused-ring (bicyclic) bond motifs is 1. The Kier molecular flexibility index (Phi) is 1.74. The monoisotopic (exact) mass is 223 g/mol. The third-order valence-corrected chi connectivity index (χ3v) is 2.54. The Bertz CT molecular complexity index is 335. The summed E-state index contributed by atoms with van der Waals surface area (Å²) in [7, 11) is 0. The lowest BCUT2D eigenvalue weighted by molar-refractivity contribution is 0.576. The second kappa shape index (κ2) is 2.76. The molecule has 2 rings (SSSR count). The fourth-order valence-electron chi connectivity index (χ4n) is 1.25. The lowest BCUT2D eigenvalue weighted by Crippen LogP contribution is -2.29. The van der Waals surface area contributed by atoms with Crippen LogP contribution in [0.5, 0.6) is 0 Å². The predicted molar refractivity (Wildman–Crippen MR) is 49.7 cm³/mol. The minimum atomic E-state index is 0.209. The van der Waals surface area contributed by atoms with E-state index in [0.717, 1.165) is 5.84 Å². The summed E-state index contributed by atoms with van der Waals surface area (Å²) in [6.07, 6.45) is 5.56. The maximum Gasteiger partial charge on any atom is 0.146 e. The molecule has 0 bridgehead atoms. The van der Waals surface area contributed by atoms with Crippen molar-refractivity contribution < 1.29 is 0 Å². The van der Waals surface area contributed by atoms with Gasteiger partial charge in [0.15, 0.2) is 0 Å². The van der Waals surface area contributed by atoms with Gasteiger partial charge in [-0.1, -0.05) is 15.9 Å². The largest absolute Gasteiger partial charge is 0.317 e. The van der Waals surface area contributed by atoms with Crippen LogP contribution in [-0.4, -0.2) is 22.2 Å². The third-order valence-electron chi connectivity index (χ3n) is 1.81. The van der Waals surface area contributed by atoms with Crippen molar-refractivity contribution in [3.8, 4) is 6.07 Å². The van der Waals surface area contributed by atoms with Crippen LogP contribution in [0.15, 0.2) is 28.9 Å². The molecule has 60 valence electrons. The van der Waals surface area contributed by atoms with E-state index in [1.165, 1.54) is 0 Å². The highest BCUT2D eigenvalue weighted by Crippen LogP contribution is 2.22. The molecule has 0 aliphatic carbocycles. The second-order valence-electron chi connectivity index (χ2n) is 2.54. The Morgan fingerprint density at radius 2 is 2.58 bits per heavy atom. The van der Waals surface area contributed by atoms with E-state index in [-0.39, 0.29) is 4.95 Å². The Hall–Kier alpha value is -1.08. The minimum absolute atomic E-state index is 0.209. The molecule has 4 heteroatoms. The zero-order valence-corrected chi connectivity index (χ0v) is 7.82. The first-order valence-electron chi connectivity index (χ1n) is 3.59. The van der Waals surface area contributed by atoms with Gasteiger partial charge in [0.1, 0.15) is 16.9 Å². The van der Waals surface area contributed by atoms with E-state index in [1.54, 1.807) is 6.08 Å². The van der Waals surface area contributed by atoms with E-state index >= 15 is 0 Å². The molecule has 0 N–H and O–H groups in total. The van der Waals surface area contributed by atoms with Crippen molar-refractivity contribution in [2.45, 2.75) is 4.95 Å². The van der Waals surface area contributed by atoms with Crippen molar-refractivity contribution in [1.29, 1.82) is 5.26 Å². The third kappa shape index (κ3) is 0.978. The van der Waals surface area contributed by atoms with E-state index in [9.17, 15) is 0 Å². The molecule has 0 fully saturated rings. The highest BCUT2D eigenvalue weighted by molar-refractivity contribution is 9.09. The predicted octanol–water partition coefficient (Wildman–Crippen LogP) is 1.40. The molecule has 0 aromatic rings. The first kappa shape index (κ1) is 7.56. The highest BCUT2D eigenvalue weighted by atomic mass is 79.9. The number of hydrogen-bond acceptors (Lipinski definition) is 3. The average molecular weight is 224 g/mol. The van der Waals surface area contributed by atoms with Crippen LogP contribution in [0.1, 0.15) is 0 Å². The van der Waals surface area contributed by atoms with Crippen LogP contribution in [0.2, 0.25) is 0 Å². The summed E-state index contributed by atoms with van der Waals surface area (Å²) in [6, 6.07) is 2.11. The zero-order chi connectivity index (χ0) is 8.55. The Labute approximate surface area is 78.8 Å². The van der Waals surface area contributed by atoms with Gasteiger partial charge in [-0.25, -0.2) is 0 Å². The van der Waals surface area contributed by atoms with Crippen LogP contribution in [0.25, 0.3) is 0 Å². The summed E-state index contributed by atoms with van der Waals surface area (Å²) in [4.78, 5) is 6.41. The van der Waals surface area contributed by atoms with Gasteiger partial charge in [-0.2, -0.15) is 5.26 Å². The summed E-state index contributed by atoms with van der Waals surface area (Å²) in [5.74, 6) is 0.780. The number of nitriles is 1. The number of allylic oxidation sites excluding steroid dienone is 2. The number of halogens is 1. The first-order valence-corrected chi connectivity index (χ1v) is 4.50. The molecule has 0 spiro atoms. The number of alkyl halides is 1. The van der Waals surface area contributed by atoms with Crippen molar-refractivity contribution in [2.75, 3.05) is 6.54 Å². The van der Waals surface area contributed by atoms with Gasteiger partial charge in [0, 0.05) is 6.20 Å². The zero-order valence-electron chi connectivity index (χ0n) is 6.24. The van der Waals surface area contributed by atoms with E-state index < -0.39 is 0 Å². The molecule has 1 unspecified atom stereocenters. The highest BCUT2D eigenvalue weighted by Gasteiger charge is 2.27. The number of amidine groups is 1.